The Kier molecular flexibility index (Phi) is 5.75. The number of allylic oxidation sites excluding steroid dienone is 1. The summed E-state index contributed by atoms with van der Waals surface area (Å²) in [6, 6.07) is 0. The molecule has 0 aromatic heterocycles. The standard InChI is InChI=1S/C9H17NO/c1-4-10-7-9(11)6-5-8(2)3/h10H,2,4-7H2,1,3H3. The third-order valence-electron chi connectivity index (χ3n) is 1.40. The zero-order chi connectivity index (χ0) is 8.69. The third kappa shape index (κ3) is 7.26. The molecule has 0 heterocycles. The minimum Gasteiger partial charge on any atom is -0.310 e. The smallest absolute Gasteiger partial charge is 0.146 e. The van der Waals surface area contributed by atoms with Crippen LogP contribution in [0, 0.1) is 0 Å². The lowest BCUT2D eigenvalue weighted by molar-refractivity contribution is -0.118. The normalized spacial score (nSPS) is 9.64. The largest absolute Gasteiger partial charge is 0.310 e. The maximum Gasteiger partial charge on any atom is 0.146 e. The van der Waals surface area contributed by atoms with Crippen molar-refractivity contribution in [2.75, 3.05) is 13.1 Å². The van der Waals surface area contributed by atoms with Gasteiger partial charge in [-0.25, -0.2) is 0 Å². The fourth-order valence-electron chi connectivity index (χ4n) is 0.706. The van der Waals surface area contributed by atoms with Gasteiger partial charge < -0.3 is 5.32 Å². The number of ketones is 1. The van der Waals surface area contributed by atoms with Crippen LogP contribution in [0.25, 0.3) is 0 Å². The molecule has 0 saturated carbocycles. The minimum absolute atomic E-state index is 0.273. The molecule has 0 spiro atoms. The number of carbonyl (C=O) groups excluding carboxylic acids is 1. The number of likely N-dealkylation sites (N-methyl/N-ethyl adjacent to an activating group) is 1. The van der Waals surface area contributed by atoms with Crippen LogP contribution in [0.4, 0.5) is 0 Å². The van der Waals surface area contributed by atoms with E-state index in [-0.39, 0.29) is 5.78 Å². The van der Waals surface area contributed by atoms with Gasteiger partial charge in [0.1, 0.15) is 5.78 Å². The van der Waals surface area contributed by atoms with Crippen molar-refractivity contribution in [1.29, 1.82) is 0 Å². The molecule has 2 nitrogen and oxygen atoms in total. The van der Waals surface area contributed by atoms with Crippen molar-refractivity contribution in [1.82, 2.24) is 5.32 Å². The van der Waals surface area contributed by atoms with E-state index in [1.807, 2.05) is 13.8 Å². The Hall–Kier alpha value is -0.630. The van der Waals surface area contributed by atoms with Crippen LogP contribution in [0.1, 0.15) is 26.7 Å². The number of hydrogen-bond acceptors (Lipinski definition) is 2. The first-order valence-electron chi connectivity index (χ1n) is 4.03. The van der Waals surface area contributed by atoms with E-state index in [1.165, 1.54) is 0 Å². The Morgan fingerprint density at radius 1 is 1.45 bits per heavy atom. The monoisotopic (exact) mass is 155 g/mol. The molecule has 2 heteroatoms. The van der Waals surface area contributed by atoms with Crippen molar-refractivity contribution in [3.8, 4) is 0 Å². The van der Waals surface area contributed by atoms with Gasteiger partial charge in [0.05, 0.1) is 6.54 Å². The minimum atomic E-state index is 0.273. The molecule has 0 aromatic carbocycles. The summed E-state index contributed by atoms with van der Waals surface area (Å²) < 4.78 is 0. The fraction of sp³-hybridized carbons (Fsp3) is 0.667. The van der Waals surface area contributed by atoms with Gasteiger partial charge in [-0.1, -0.05) is 12.5 Å². The molecule has 11 heavy (non-hydrogen) atoms. The summed E-state index contributed by atoms with van der Waals surface area (Å²) in [5.41, 5.74) is 1.08. The number of rotatable bonds is 6. The summed E-state index contributed by atoms with van der Waals surface area (Å²) in [5, 5.41) is 2.99. The second kappa shape index (κ2) is 6.10. The van der Waals surface area contributed by atoms with Crippen LogP contribution in [-0.4, -0.2) is 18.9 Å². The van der Waals surface area contributed by atoms with Gasteiger partial charge in [-0.2, -0.15) is 0 Å². The average molecular weight is 155 g/mol. The summed E-state index contributed by atoms with van der Waals surface area (Å²) in [6.07, 6.45) is 1.45. The molecule has 0 radical (unpaired) electrons. The van der Waals surface area contributed by atoms with Gasteiger partial charge in [-0.05, 0) is 19.9 Å². The maximum absolute atomic E-state index is 11.0. The summed E-state index contributed by atoms with van der Waals surface area (Å²) in [4.78, 5) is 11.0. The zero-order valence-corrected chi connectivity index (χ0v) is 7.44. The second-order valence-electron chi connectivity index (χ2n) is 2.78. The predicted octanol–water partition coefficient (Wildman–Crippen LogP) is 1.52. The molecule has 0 fully saturated rings. The van der Waals surface area contributed by atoms with Gasteiger partial charge in [0.15, 0.2) is 0 Å². The van der Waals surface area contributed by atoms with Crippen LogP contribution < -0.4 is 5.32 Å². The molecule has 0 atom stereocenters. The lowest BCUT2D eigenvalue weighted by Crippen LogP contribution is -2.22. The van der Waals surface area contributed by atoms with Crippen molar-refractivity contribution in [2.45, 2.75) is 26.7 Å². The zero-order valence-electron chi connectivity index (χ0n) is 7.44. The first-order valence-corrected chi connectivity index (χ1v) is 4.03. The van der Waals surface area contributed by atoms with Crippen LogP contribution in [0.2, 0.25) is 0 Å². The molecule has 0 rings (SSSR count). The summed E-state index contributed by atoms with van der Waals surface area (Å²) >= 11 is 0. The van der Waals surface area contributed by atoms with Gasteiger partial charge in [0.25, 0.3) is 0 Å². The van der Waals surface area contributed by atoms with E-state index >= 15 is 0 Å². The highest BCUT2D eigenvalue weighted by Crippen LogP contribution is 1.99. The van der Waals surface area contributed by atoms with E-state index in [0.717, 1.165) is 18.5 Å². The van der Waals surface area contributed by atoms with E-state index in [2.05, 4.69) is 11.9 Å². The third-order valence-corrected chi connectivity index (χ3v) is 1.40. The van der Waals surface area contributed by atoms with Crippen LogP contribution in [0.5, 0.6) is 0 Å². The van der Waals surface area contributed by atoms with E-state index in [9.17, 15) is 4.79 Å². The van der Waals surface area contributed by atoms with Crippen molar-refractivity contribution >= 4 is 5.78 Å². The Labute approximate surface area is 68.7 Å². The van der Waals surface area contributed by atoms with E-state index in [0.29, 0.717) is 13.0 Å². The lowest BCUT2D eigenvalue weighted by Gasteiger charge is -2.00. The van der Waals surface area contributed by atoms with Crippen molar-refractivity contribution in [3.63, 3.8) is 0 Å². The van der Waals surface area contributed by atoms with E-state index in [1.54, 1.807) is 0 Å². The van der Waals surface area contributed by atoms with Crippen LogP contribution in [-0.2, 0) is 4.79 Å². The number of hydrogen-bond donors (Lipinski definition) is 1. The molecular weight excluding hydrogens is 138 g/mol. The molecule has 0 unspecified atom stereocenters. The molecule has 0 aliphatic heterocycles. The highest BCUT2D eigenvalue weighted by Gasteiger charge is 1.99. The Morgan fingerprint density at radius 2 is 2.09 bits per heavy atom. The summed E-state index contributed by atoms with van der Waals surface area (Å²) in [6.45, 7) is 9.04. The molecule has 0 amide bonds. The molecule has 0 aromatic rings. The Morgan fingerprint density at radius 3 is 2.55 bits per heavy atom. The number of nitrogens with one attached hydrogen (secondary N) is 1. The van der Waals surface area contributed by atoms with Gasteiger partial charge in [0.2, 0.25) is 0 Å². The fourth-order valence-corrected chi connectivity index (χ4v) is 0.706. The summed E-state index contributed by atoms with van der Waals surface area (Å²) in [5.74, 6) is 0.273. The van der Waals surface area contributed by atoms with Gasteiger partial charge in [-0.15, -0.1) is 6.58 Å². The van der Waals surface area contributed by atoms with Crippen molar-refractivity contribution < 1.29 is 4.79 Å². The second-order valence-corrected chi connectivity index (χ2v) is 2.78. The highest BCUT2D eigenvalue weighted by atomic mass is 16.1. The van der Waals surface area contributed by atoms with Crippen LogP contribution in [0.3, 0.4) is 0 Å². The number of carbonyl (C=O) groups is 1. The molecule has 0 aliphatic carbocycles. The predicted molar refractivity (Wildman–Crippen MR) is 47.6 cm³/mol. The van der Waals surface area contributed by atoms with Gasteiger partial charge in [0, 0.05) is 6.42 Å². The highest BCUT2D eigenvalue weighted by molar-refractivity contribution is 5.80. The van der Waals surface area contributed by atoms with Gasteiger partial charge >= 0.3 is 0 Å². The molecule has 0 bridgehead atoms. The first-order chi connectivity index (χ1) is 5.16. The SMILES string of the molecule is C=C(C)CCC(=O)CNCC. The van der Waals surface area contributed by atoms with Crippen molar-refractivity contribution in [3.05, 3.63) is 12.2 Å². The average Bonchev–Trinajstić information content (AvgIpc) is 1.97. The molecule has 64 valence electrons. The van der Waals surface area contributed by atoms with Crippen molar-refractivity contribution in [2.24, 2.45) is 0 Å². The van der Waals surface area contributed by atoms with Gasteiger partial charge in [-0.3, -0.25) is 4.79 Å². The maximum atomic E-state index is 11.0. The van der Waals surface area contributed by atoms with E-state index < -0.39 is 0 Å². The topological polar surface area (TPSA) is 29.1 Å². The molecule has 0 aliphatic rings. The lowest BCUT2D eigenvalue weighted by atomic mass is 10.1. The Balaban J connectivity index is 3.30. The van der Waals surface area contributed by atoms with Crippen LogP contribution >= 0.6 is 0 Å². The van der Waals surface area contributed by atoms with E-state index in [4.69, 9.17) is 0 Å². The molecular formula is C9H17NO. The molecule has 0 saturated heterocycles. The summed E-state index contributed by atoms with van der Waals surface area (Å²) in [7, 11) is 0. The van der Waals surface area contributed by atoms with Crippen LogP contribution in [0.15, 0.2) is 12.2 Å². The molecule has 1 N–H and O–H groups in total. The first kappa shape index (κ1) is 10.4. The quantitative estimate of drug-likeness (QED) is 0.589. The Bertz CT molecular complexity index is 140. The number of Topliss-reactive ketones (excluding diaryl/α,β-unsaturated/α-hetero) is 1.